The Hall–Kier alpha value is -1.43. The Morgan fingerprint density at radius 2 is 2.25 bits per heavy atom. The second kappa shape index (κ2) is 7.38. The third-order valence-corrected chi connectivity index (χ3v) is 4.00. The summed E-state index contributed by atoms with van der Waals surface area (Å²) in [6, 6.07) is 8.56. The standard InChI is InChI=1S/C15H21N3OS/c1-18(2)15(10-16-8-14-9-17-11-20-14)12-5-4-6-13(7-12)19-3/h4-7,9,11,15-16H,8,10H2,1-3H3. The van der Waals surface area contributed by atoms with E-state index in [4.69, 9.17) is 4.74 Å². The van der Waals surface area contributed by atoms with Crippen molar-refractivity contribution in [1.29, 1.82) is 0 Å². The first-order valence-electron chi connectivity index (χ1n) is 6.59. The lowest BCUT2D eigenvalue weighted by Crippen LogP contribution is -2.30. The zero-order valence-corrected chi connectivity index (χ0v) is 13.0. The third kappa shape index (κ3) is 4.03. The van der Waals surface area contributed by atoms with Gasteiger partial charge in [0, 0.05) is 30.2 Å². The minimum atomic E-state index is 0.318. The van der Waals surface area contributed by atoms with E-state index >= 15 is 0 Å². The number of thiazole rings is 1. The van der Waals surface area contributed by atoms with E-state index in [1.54, 1.807) is 18.4 Å². The average Bonchev–Trinajstić information content (AvgIpc) is 2.96. The van der Waals surface area contributed by atoms with Gasteiger partial charge in [-0.2, -0.15) is 0 Å². The van der Waals surface area contributed by atoms with Crippen molar-refractivity contribution in [3.05, 3.63) is 46.4 Å². The van der Waals surface area contributed by atoms with Gasteiger partial charge in [-0.1, -0.05) is 12.1 Å². The zero-order valence-electron chi connectivity index (χ0n) is 12.2. The molecule has 0 amide bonds. The Kier molecular flexibility index (Phi) is 5.52. The molecule has 1 aromatic heterocycles. The second-order valence-electron chi connectivity index (χ2n) is 4.85. The van der Waals surface area contributed by atoms with Crippen molar-refractivity contribution >= 4 is 11.3 Å². The molecule has 0 fully saturated rings. The molecule has 5 heteroatoms. The Morgan fingerprint density at radius 1 is 1.40 bits per heavy atom. The first-order valence-corrected chi connectivity index (χ1v) is 7.47. The first kappa shape index (κ1) is 15.0. The van der Waals surface area contributed by atoms with Crippen LogP contribution in [0, 0.1) is 0 Å². The smallest absolute Gasteiger partial charge is 0.119 e. The summed E-state index contributed by atoms with van der Waals surface area (Å²) in [7, 11) is 5.89. The van der Waals surface area contributed by atoms with Crippen molar-refractivity contribution in [3.8, 4) is 5.75 Å². The lowest BCUT2D eigenvalue weighted by Gasteiger charge is -2.25. The Bertz CT molecular complexity index is 514. The minimum Gasteiger partial charge on any atom is -0.497 e. The lowest BCUT2D eigenvalue weighted by molar-refractivity contribution is 0.287. The molecular weight excluding hydrogens is 270 g/mol. The van der Waals surface area contributed by atoms with Crippen molar-refractivity contribution in [2.75, 3.05) is 27.7 Å². The molecule has 1 heterocycles. The molecular formula is C15H21N3OS. The largest absolute Gasteiger partial charge is 0.497 e. The van der Waals surface area contributed by atoms with Crippen molar-refractivity contribution in [2.24, 2.45) is 0 Å². The number of nitrogens with zero attached hydrogens (tertiary/aromatic N) is 2. The summed E-state index contributed by atoms with van der Waals surface area (Å²) in [5.41, 5.74) is 3.12. The Balaban J connectivity index is 1.99. The van der Waals surface area contributed by atoms with E-state index in [0.717, 1.165) is 18.8 Å². The summed E-state index contributed by atoms with van der Waals surface area (Å²) in [5.74, 6) is 0.900. The second-order valence-corrected chi connectivity index (χ2v) is 5.83. The van der Waals surface area contributed by atoms with Crippen LogP contribution >= 0.6 is 11.3 Å². The molecule has 0 spiro atoms. The highest BCUT2D eigenvalue weighted by Gasteiger charge is 2.14. The van der Waals surface area contributed by atoms with Crippen LogP contribution in [0.4, 0.5) is 0 Å². The molecule has 0 aliphatic rings. The SMILES string of the molecule is COc1cccc(C(CNCc2cncs2)N(C)C)c1. The highest BCUT2D eigenvalue weighted by Crippen LogP contribution is 2.22. The number of nitrogens with one attached hydrogen (secondary N) is 1. The summed E-state index contributed by atoms with van der Waals surface area (Å²) in [4.78, 5) is 7.56. The summed E-state index contributed by atoms with van der Waals surface area (Å²) >= 11 is 1.68. The number of methoxy groups -OCH3 is 1. The molecule has 1 atom stereocenters. The van der Waals surface area contributed by atoms with E-state index < -0.39 is 0 Å². The predicted octanol–water partition coefficient (Wildman–Crippen LogP) is 2.54. The van der Waals surface area contributed by atoms with Gasteiger partial charge >= 0.3 is 0 Å². The van der Waals surface area contributed by atoms with E-state index in [1.165, 1.54) is 10.4 Å². The van der Waals surface area contributed by atoms with Gasteiger partial charge in [0.05, 0.1) is 12.6 Å². The molecule has 2 aromatic rings. The van der Waals surface area contributed by atoms with Crippen molar-refractivity contribution in [2.45, 2.75) is 12.6 Å². The third-order valence-electron chi connectivity index (χ3n) is 3.22. The van der Waals surface area contributed by atoms with Gasteiger partial charge in [0.15, 0.2) is 0 Å². The maximum absolute atomic E-state index is 5.30. The number of ether oxygens (including phenoxy) is 1. The van der Waals surface area contributed by atoms with Gasteiger partial charge in [-0.3, -0.25) is 4.98 Å². The molecule has 1 aromatic carbocycles. The van der Waals surface area contributed by atoms with Gasteiger partial charge in [0.1, 0.15) is 5.75 Å². The first-order chi connectivity index (χ1) is 9.70. The quantitative estimate of drug-likeness (QED) is 0.850. The number of benzene rings is 1. The molecule has 0 radical (unpaired) electrons. The van der Waals surface area contributed by atoms with Crippen LogP contribution in [-0.2, 0) is 6.54 Å². The van der Waals surface area contributed by atoms with E-state index in [1.807, 2.05) is 23.8 Å². The zero-order chi connectivity index (χ0) is 14.4. The van der Waals surface area contributed by atoms with E-state index in [9.17, 15) is 0 Å². The summed E-state index contributed by atoms with van der Waals surface area (Å²) in [6.45, 7) is 1.75. The number of hydrogen-bond donors (Lipinski definition) is 1. The van der Waals surface area contributed by atoms with Crippen LogP contribution in [0.1, 0.15) is 16.5 Å². The molecule has 0 aliphatic heterocycles. The van der Waals surface area contributed by atoms with Crippen LogP contribution in [0.15, 0.2) is 36.0 Å². The Labute approximate surface area is 124 Å². The molecule has 0 saturated carbocycles. The molecule has 0 saturated heterocycles. The molecule has 4 nitrogen and oxygen atoms in total. The van der Waals surface area contributed by atoms with Crippen LogP contribution < -0.4 is 10.1 Å². The summed E-state index contributed by atoms with van der Waals surface area (Å²) < 4.78 is 5.30. The molecule has 2 rings (SSSR count). The van der Waals surface area contributed by atoms with E-state index in [-0.39, 0.29) is 0 Å². The normalized spacial score (nSPS) is 12.6. The fraction of sp³-hybridized carbons (Fsp3) is 0.400. The van der Waals surface area contributed by atoms with Crippen LogP contribution in [-0.4, -0.2) is 37.6 Å². The summed E-state index contributed by atoms with van der Waals surface area (Å²) in [5, 5.41) is 3.49. The predicted molar refractivity (Wildman–Crippen MR) is 83.2 cm³/mol. The van der Waals surface area contributed by atoms with Gasteiger partial charge in [-0.05, 0) is 31.8 Å². The van der Waals surface area contributed by atoms with Crippen LogP contribution in [0.25, 0.3) is 0 Å². The topological polar surface area (TPSA) is 37.4 Å². The van der Waals surface area contributed by atoms with Gasteiger partial charge < -0.3 is 15.0 Å². The van der Waals surface area contributed by atoms with Crippen molar-refractivity contribution < 1.29 is 4.74 Å². The number of hydrogen-bond acceptors (Lipinski definition) is 5. The van der Waals surface area contributed by atoms with Gasteiger partial charge in [-0.25, -0.2) is 0 Å². The monoisotopic (exact) mass is 291 g/mol. The van der Waals surface area contributed by atoms with Gasteiger partial charge in [0.25, 0.3) is 0 Å². The van der Waals surface area contributed by atoms with E-state index in [2.05, 4.69) is 41.4 Å². The van der Waals surface area contributed by atoms with Gasteiger partial charge in [-0.15, -0.1) is 11.3 Å². The molecule has 0 bridgehead atoms. The van der Waals surface area contributed by atoms with Crippen molar-refractivity contribution in [1.82, 2.24) is 15.2 Å². The summed E-state index contributed by atoms with van der Waals surface area (Å²) in [6.07, 6.45) is 1.91. The molecule has 108 valence electrons. The Morgan fingerprint density at radius 3 is 2.90 bits per heavy atom. The number of aromatic nitrogens is 1. The fourth-order valence-corrected chi connectivity index (χ4v) is 2.67. The van der Waals surface area contributed by atoms with Crippen LogP contribution in [0.3, 0.4) is 0 Å². The number of likely N-dealkylation sites (N-methyl/N-ethyl adjacent to an activating group) is 1. The number of rotatable bonds is 7. The molecule has 1 unspecified atom stereocenters. The fourth-order valence-electron chi connectivity index (χ4n) is 2.11. The maximum atomic E-state index is 5.30. The lowest BCUT2D eigenvalue weighted by atomic mass is 10.1. The van der Waals surface area contributed by atoms with Crippen molar-refractivity contribution in [3.63, 3.8) is 0 Å². The molecule has 1 N–H and O–H groups in total. The molecule has 0 aliphatic carbocycles. The maximum Gasteiger partial charge on any atom is 0.119 e. The minimum absolute atomic E-state index is 0.318. The highest BCUT2D eigenvalue weighted by molar-refractivity contribution is 7.09. The average molecular weight is 291 g/mol. The van der Waals surface area contributed by atoms with Crippen LogP contribution in [0.2, 0.25) is 0 Å². The van der Waals surface area contributed by atoms with E-state index in [0.29, 0.717) is 6.04 Å². The van der Waals surface area contributed by atoms with Gasteiger partial charge in [0.2, 0.25) is 0 Å². The highest BCUT2D eigenvalue weighted by atomic mass is 32.1. The molecule has 20 heavy (non-hydrogen) atoms. The van der Waals surface area contributed by atoms with Crippen LogP contribution in [0.5, 0.6) is 5.75 Å².